The summed E-state index contributed by atoms with van der Waals surface area (Å²) in [5, 5.41) is 4.12. The molecule has 15 heavy (non-hydrogen) atoms. The van der Waals surface area contributed by atoms with Crippen molar-refractivity contribution in [2.45, 2.75) is 0 Å². The standard InChI is InChI=1S/C9H7ClN4O/c1-14-3-2-7(13-14)8(15)6-4-11-5-12-9(6)10/h2-5H,1H3. The lowest BCUT2D eigenvalue weighted by atomic mass is 10.2. The Kier molecular flexibility index (Phi) is 2.47. The van der Waals surface area contributed by atoms with Crippen LogP contribution in [0.15, 0.2) is 24.8 Å². The molecule has 0 bridgehead atoms. The SMILES string of the molecule is Cn1ccc(C(=O)c2cncnc2Cl)n1. The summed E-state index contributed by atoms with van der Waals surface area (Å²) in [6.07, 6.45) is 4.36. The van der Waals surface area contributed by atoms with E-state index in [0.717, 1.165) is 0 Å². The number of hydrogen-bond donors (Lipinski definition) is 0. The molecule has 0 aliphatic rings. The number of carbonyl (C=O) groups is 1. The van der Waals surface area contributed by atoms with Crippen LogP contribution in [-0.4, -0.2) is 25.5 Å². The summed E-state index contributed by atoms with van der Waals surface area (Å²) in [5.74, 6) is -0.277. The maximum absolute atomic E-state index is 11.8. The van der Waals surface area contributed by atoms with E-state index in [1.54, 1.807) is 24.0 Å². The van der Waals surface area contributed by atoms with Crippen LogP contribution in [0.2, 0.25) is 5.15 Å². The summed E-state index contributed by atoms with van der Waals surface area (Å²) in [6, 6.07) is 1.62. The average Bonchev–Trinajstić information content (AvgIpc) is 2.65. The Morgan fingerprint density at radius 1 is 1.53 bits per heavy atom. The van der Waals surface area contributed by atoms with E-state index in [9.17, 15) is 4.79 Å². The third-order valence-corrected chi connectivity index (χ3v) is 2.16. The van der Waals surface area contributed by atoms with E-state index in [1.807, 2.05) is 0 Å². The van der Waals surface area contributed by atoms with Crippen molar-refractivity contribution >= 4 is 17.4 Å². The van der Waals surface area contributed by atoms with Crippen LogP contribution in [0, 0.1) is 0 Å². The van der Waals surface area contributed by atoms with E-state index in [0.29, 0.717) is 5.69 Å². The maximum Gasteiger partial charge on any atom is 0.217 e. The van der Waals surface area contributed by atoms with Gasteiger partial charge in [-0.05, 0) is 6.07 Å². The molecular weight excluding hydrogens is 216 g/mol. The molecule has 0 aromatic carbocycles. The molecule has 0 aliphatic heterocycles. The van der Waals surface area contributed by atoms with Gasteiger partial charge in [0.05, 0.1) is 5.56 Å². The predicted molar refractivity (Wildman–Crippen MR) is 53.7 cm³/mol. The highest BCUT2D eigenvalue weighted by Crippen LogP contribution is 2.14. The molecule has 0 radical (unpaired) electrons. The van der Waals surface area contributed by atoms with Crippen molar-refractivity contribution in [1.29, 1.82) is 0 Å². The van der Waals surface area contributed by atoms with E-state index in [2.05, 4.69) is 15.1 Å². The number of ketones is 1. The fourth-order valence-electron chi connectivity index (χ4n) is 1.14. The third-order valence-electron chi connectivity index (χ3n) is 1.85. The second-order valence-electron chi connectivity index (χ2n) is 2.93. The fraction of sp³-hybridized carbons (Fsp3) is 0.111. The number of aryl methyl sites for hydroxylation is 1. The summed E-state index contributed by atoms with van der Waals surface area (Å²) < 4.78 is 1.55. The van der Waals surface area contributed by atoms with Crippen molar-refractivity contribution in [3.8, 4) is 0 Å². The monoisotopic (exact) mass is 222 g/mol. The van der Waals surface area contributed by atoms with Gasteiger partial charge in [0.15, 0.2) is 0 Å². The Bertz CT molecular complexity index is 508. The van der Waals surface area contributed by atoms with Gasteiger partial charge in [-0.3, -0.25) is 9.48 Å². The first-order valence-electron chi connectivity index (χ1n) is 4.18. The van der Waals surface area contributed by atoms with Crippen molar-refractivity contribution < 1.29 is 4.79 Å². The highest BCUT2D eigenvalue weighted by Gasteiger charge is 2.15. The highest BCUT2D eigenvalue weighted by atomic mass is 35.5. The molecule has 2 aromatic heterocycles. The molecule has 2 rings (SSSR count). The van der Waals surface area contributed by atoms with Crippen LogP contribution in [0.25, 0.3) is 0 Å². The van der Waals surface area contributed by atoms with Gasteiger partial charge in [0.2, 0.25) is 5.78 Å². The smallest absolute Gasteiger partial charge is 0.217 e. The Balaban J connectivity index is 2.41. The Morgan fingerprint density at radius 3 is 2.93 bits per heavy atom. The van der Waals surface area contributed by atoms with Gasteiger partial charge in [0, 0.05) is 19.4 Å². The van der Waals surface area contributed by atoms with E-state index >= 15 is 0 Å². The zero-order valence-corrected chi connectivity index (χ0v) is 8.64. The number of aromatic nitrogens is 4. The molecule has 0 unspecified atom stereocenters. The summed E-state index contributed by atoms with van der Waals surface area (Å²) >= 11 is 5.77. The molecule has 6 heteroatoms. The van der Waals surface area contributed by atoms with Crippen molar-refractivity contribution in [2.75, 3.05) is 0 Å². The van der Waals surface area contributed by atoms with E-state index in [4.69, 9.17) is 11.6 Å². The van der Waals surface area contributed by atoms with Crippen molar-refractivity contribution in [3.05, 3.63) is 41.2 Å². The topological polar surface area (TPSA) is 60.7 Å². The molecule has 0 amide bonds. The normalized spacial score (nSPS) is 10.3. The lowest BCUT2D eigenvalue weighted by molar-refractivity contribution is 0.103. The molecule has 0 atom stereocenters. The average molecular weight is 223 g/mol. The number of halogens is 1. The molecular formula is C9H7ClN4O. The molecule has 0 saturated carbocycles. The van der Waals surface area contributed by atoms with Gasteiger partial charge in [-0.15, -0.1) is 0 Å². The van der Waals surface area contributed by atoms with Gasteiger partial charge in [-0.1, -0.05) is 11.6 Å². The van der Waals surface area contributed by atoms with E-state index < -0.39 is 0 Å². The second kappa shape index (κ2) is 3.78. The molecule has 2 aromatic rings. The van der Waals surface area contributed by atoms with Crippen LogP contribution in [-0.2, 0) is 7.05 Å². The minimum Gasteiger partial charge on any atom is -0.287 e. The summed E-state index contributed by atoms with van der Waals surface area (Å²) in [7, 11) is 1.74. The largest absolute Gasteiger partial charge is 0.287 e. The summed E-state index contributed by atoms with van der Waals surface area (Å²) in [6.45, 7) is 0. The van der Waals surface area contributed by atoms with Crippen LogP contribution < -0.4 is 0 Å². The minimum atomic E-state index is -0.277. The molecule has 0 saturated heterocycles. The zero-order chi connectivity index (χ0) is 10.8. The Morgan fingerprint density at radius 2 is 2.33 bits per heavy atom. The summed E-state index contributed by atoms with van der Waals surface area (Å²) in [4.78, 5) is 19.3. The zero-order valence-electron chi connectivity index (χ0n) is 7.88. The molecule has 0 N–H and O–H groups in total. The molecule has 0 spiro atoms. The molecule has 2 heterocycles. The van der Waals surface area contributed by atoms with Gasteiger partial charge < -0.3 is 0 Å². The van der Waals surface area contributed by atoms with Crippen molar-refractivity contribution in [1.82, 2.24) is 19.7 Å². The third kappa shape index (κ3) is 1.87. The van der Waals surface area contributed by atoms with Gasteiger partial charge >= 0.3 is 0 Å². The summed E-state index contributed by atoms with van der Waals surface area (Å²) in [5.41, 5.74) is 0.590. The van der Waals surface area contributed by atoms with Crippen molar-refractivity contribution in [2.24, 2.45) is 7.05 Å². The van der Waals surface area contributed by atoms with Gasteiger partial charge in [0.25, 0.3) is 0 Å². The van der Waals surface area contributed by atoms with Gasteiger partial charge in [0.1, 0.15) is 17.2 Å². The lowest BCUT2D eigenvalue weighted by Gasteiger charge is -1.97. The molecule has 0 fully saturated rings. The highest BCUT2D eigenvalue weighted by molar-refractivity contribution is 6.33. The fourth-order valence-corrected chi connectivity index (χ4v) is 1.32. The molecule has 76 valence electrons. The van der Waals surface area contributed by atoms with Crippen LogP contribution in [0.5, 0.6) is 0 Å². The number of carbonyl (C=O) groups excluding carboxylic acids is 1. The minimum absolute atomic E-state index is 0.139. The first-order valence-corrected chi connectivity index (χ1v) is 4.56. The van der Waals surface area contributed by atoms with E-state index in [-0.39, 0.29) is 16.5 Å². The van der Waals surface area contributed by atoms with Crippen LogP contribution >= 0.6 is 11.6 Å². The predicted octanol–water partition coefficient (Wildman–Crippen LogP) is 1.09. The van der Waals surface area contributed by atoms with Gasteiger partial charge in [-0.2, -0.15) is 5.10 Å². The van der Waals surface area contributed by atoms with Crippen LogP contribution in [0.1, 0.15) is 16.1 Å². The molecule has 5 nitrogen and oxygen atoms in total. The molecule has 0 aliphatic carbocycles. The first kappa shape index (κ1) is 9.79. The number of rotatable bonds is 2. The van der Waals surface area contributed by atoms with Gasteiger partial charge in [-0.25, -0.2) is 9.97 Å². The number of hydrogen-bond acceptors (Lipinski definition) is 4. The van der Waals surface area contributed by atoms with Crippen LogP contribution in [0.4, 0.5) is 0 Å². The quantitative estimate of drug-likeness (QED) is 0.564. The Hall–Kier alpha value is -1.75. The lowest BCUT2D eigenvalue weighted by Crippen LogP contribution is -2.05. The second-order valence-corrected chi connectivity index (χ2v) is 3.29. The number of nitrogens with zero attached hydrogens (tertiary/aromatic N) is 4. The van der Waals surface area contributed by atoms with Crippen molar-refractivity contribution in [3.63, 3.8) is 0 Å². The maximum atomic E-state index is 11.8. The van der Waals surface area contributed by atoms with Crippen LogP contribution in [0.3, 0.4) is 0 Å². The van der Waals surface area contributed by atoms with E-state index in [1.165, 1.54) is 12.5 Å². The first-order chi connectivity index (χ1) is 7.18. The Labute approximate surface area is 90.7 Å².